The standard InChI is InChI=1S/C15H20FN3OS/c1-19(8-11-9-21-10-18-11)7-6-13(17)15-12(16)4-3-5-14(15)20-2/h3-5,9-10,13H,6-8,17H2,1-2H3. The molecule has 0 spiro atoms. The highest BCUT2D eigenvalue weighted by atomic mass is 32.1. The molecule has 1 aromatic carbocycles. The van der Waals surface area contributed by atoms with Crippen LogP contribution in [-0.2, 0) is 6.54 Å². The number of benzene rings is 1. The number of halogens is 1. The molecule has 1 unspecified atom stereocenters. The zero-order valence-corrected chi connectivity index (χ0v) is 13.1. The monoisotopic (exact) mass is 309 g/mol. The van der Waals surface area contributed by atoms with E-state index < -0.39 is 0 Å². The van der Waals surface area contributed by atoms with Gasteiger partial charge in [-0.1, -0.05) is 6.07 Å². The second-order valence-corrected chi connectivity index (χ2v) is 5.69. The number of hydrogen-bond donors (Lipinski definition) is 1. The van der Waals surface area contributed by atoms with Crippen molar-refractivity contribution in [2.24, 2.45) is 5.73 Å². The number of ether oxygens (including phenoxy) is 1. The van der Waals surface area contributed by atoms with Gasteiger partial charge < -0.3 is 15.4 Å². The summed E-state index contributed by atoms with van der Waals surface area (Å²) in [6.07, 6.45) is 0.651. The maximum Gasteiger partial charge on any atom is 0.131 e. The Labute approximate surface area is 128 Å². The van der Waals surface area contributed by atoms with Crippen molar-refractivity contribution in [1.29, 1.82) is 0 Å². The molecule has 6 heteroatoms. The van der Waals surface area contributed by atoms with E-state index in [0.29, 0.717) is 17.7 Å². The Morgan fingerprint density at radius 3 is 2.95 bits per heavy atom. The van der Waals surface area contributed by atoms with Gasteiger partial charge in [0, 0.05) is 30.1 Å². The second kappa shape index (κ2) is 7.49. The predicted molar refractivity (Wildman–Crippen MR) is 82.9 cm³/mol. The fraction of sp³-hybridized carbons (Fsp3) is 0.400. The average molecular weight is 309 g/mol. The van der Waals surface area contributed by atoms with Crippen LogP contribution < -0.4 is 10.5 Å². The maximum atomic E-state index is 13.9. The van der Waals surface area contributed by atoms with Crippen LogP contribution >= 0.6 is 11.3 Å². The third-order valence-corrected chi connectivity index (χ3v) is 3.98. The molecule has 0 aliphatic rings. The Bertz CT molecular complexity index is 562. The lowest BCUT2D eigenvalue weighted by molar-refractivity contribution is 0.305. The van der Waals surface area contributed by atoms with Crippen LogP contribution in [-0.4, -0.2) is 30.6 Å². The number of hydrogen-bond acceptors (Lipinski definition) is 5. The highest BCUT2D eigenvalue weighted by Crippen LogP contribution is 2.28. The summed E-state index contributed by atoms with van der Waals surface area (Å²) >= 11 is 1.58. The van der Waals surface area contributed by atoms with E-state index in [4.69, 9.17) is 10.5 Å². The lowest BCUT2D eigenvalue weighted by Crippen LogP contribution is -2.24. The average Bonchev–Trinajstić information content (AvgIpc) is 2.97. The van der Waals surface area contributed by atoms with Crippen molar-refractivity contribution >= 4 is 11.3 Å². The van der Waals surface area contributed by atoms with Gasteiger partial charge in [-0.3, -0.25) is 0 Å². The molecule has 2 aromatic rings. The van der Waals surface area contributed by atoms with Gasteiger partial charge in [0.2, 0.25) is 0 Å². The van der Waals surface area contributed by atoms with Crippen molar-refractivity contribution in [1.82, 2.24) is 9.88 Å². The molecule has 2 rings (SSSR count). The Kier molecular flexibility index (Phi) is 5.67. The third-order valence-electron chi connectivity index (χ3n) is 3.34. The van der Waals surface area contributed by atoms with Crippen LogP contribution in [0, 0.1) is 5.82 Å². The number of thiazole rings is 1. The summed E-state index contributed by atoms with van der Waals surface area (Å²) < 4.78 is 19.1. The summed E-state index contributed by atoms with van der Waals surface area (Å²) in [5, 5.41) is 2.02. The van der Waals surface area contributed by atoms with E-state index >= 15 is 0 Å². The number of methoxy groups -OCH3 is 1. The Hall–Kier alpha value is -1.50. The second-order valence-electron chi connectivity index (χ2n) is 4.97. The van der Waals surface area contributed by atoms with Crippen molar-refractivity contribution in [3.8, 4) is 5.75 Å². The molecule has 4 nitrogen and oxygen atoms in total. The van der Waals surface area contributed by atoms with Gasteiger partial charge in [0.1, 0.15) is 11.6 Å². The first-order valence-corrected chi connectivity index (χ1v) is 7.69. The Morgan fingerprint density at radius 2 is 2.29 bits per heavy atom. The van der Waals surface area contributed by atoms with Crippen LogP contribution in [0.15, 0.2) is 29.1 Å². The quantitative estimate of drug-likeness (QED) is 0.854. The normalized spacial score (nSPS) is 12.6. The smallest absolute Gasteiger partial charge is 0.131 e. The number of nitrogens with two attached hydrogens (primary N) is 1. The molecule has 0 saturated heterocycles. The summed E-state index contributed by atoms with van der Waals surface area (Å²) in [7, 11) is 3.53. The van der Waals surface area contributed by atoms with Gasteiger partial charge in [-0.15, -0.1) is 11.3 Å². The maximum absolute atomic E-state index is 13.9. The van der Waals surface area contributed by atoms with Crippen molar-refractivity contribution in [2.45, 2.75) is 19.0 Å². The minimum Gasteiger partial charge on any atom is -0.496 e. The van der Waals surface area contributed by atoms with Gasteiger partial charge >= 0.3 is 0 Å². The predicted octanol–water partition coefficient (Wildman–Crippen LogP) is 2.81. The summed E-state index contributed by atoms with van der Waals surface area (Å²) in [6.45, 7) is 1.53. The van der Waals surface area contributed by atoms with E-state index in [1.807, 2.05) is 17.9 Å². The highest BCUT2D eigenvalue weighted by molar-refractivity contribution is 7.07. The van der Waals surface area contributed by atoms with Gasteiger partial charge in [0.25, 0.3) is 0 Å². The van der Waals surface area contributed by atoms with Crippen LogP contribution in [0.2, 0.25) is 0 Å². The van der Waals surface area contributed by atoms with Crippen LogP contribution in [0.3, 0.4) is 0 Å². The SMILES string of the molecule is COc1cccc(F)c1C(N)CCN(C)Cc1cscn1. The lowest BCUT2D eigenvalue weighted by Gasteiger charge is -2.20. The summed E-state index contributed by atoms with van der Waals surface area (Å²) in [4.78, 5) is 6.38. The van der Waals surface area contributed by atoms with Crippen LogP contribution in [0.1, 0.15) is 23.7 Å². The molecule has 0 saturated carbocycles. The molecule has 2 N–H and O–H groups in total. The highest BCUT2D eigenvalue weighted by Gasteiger charge is 2.17. The molecule has 1 aromatic heterocycles. The first-order chi connectivity index (χ1) is 10.1. The van der Waals surface area contributed by atoms with E-state index in [2.05, 4.69) is 9.88 Å². The molecular formula is C15H20FN3OS. The van der Waals surface area contributed by atoms with E-state index in [1.54, 1.807) is 23.5 Å². The van der Waals surface area contributed by atoms with E-state index in [9.17, 15) is 4.39 Å². The molecule has 21 heavy (non-hydrogen) atoms. The molecule has 1 heterocycles. The Balaban J connectivity index is 1.94. The van der Waals surface area contributed by atoms with Crippen molar-refractivity contribution in [2.75, 3.05) is 20.7 Å². The van der Waals surface area contributed by atoms with Crippen LogP contribution in [0.25, 0.3) is 0 Å². The fourth-order valence-electron chi connectivity index (χ4n) is 2.23. The zero-order chi connectivity index (χ0) is 15.2. The largest absolute Gasteiger partial charge is 0.496 e. The van der Waals surface area contributed by atoms with Gasteiger partial charge in [0.05, 0.1) is 18.3 Å². The molecule has 0 radical (unpaired) electrons. The molecule has 114 valence electrons. The lowest BCUT2D eigenvalue weighted by atomic mass is 10.0. The number of nitrogens with zero attached hydrogens (tertiary/aromatic N) is 2. The summed E-state index contributed by atoms with van der Waals surface area (Å²) in [5.41, 5.74) is 9.44. The number of rotatable bonds is 7. The van der Waals surface area contributed by atoms with E-state index in [-0.39, 0.29) is 11.9 Å². The first-order valence-electron chi connectivity index (χ1n) is 6.75. The molecular weight excluding hydrogens is 289 g/mol. The fourth-order valence-corrected chi connectivity index (χ4v) is 2.78. The molecule has 0 fully saturated rings. The minimum atomic E-state index is -0.390. The summed E-state index contributed by atoms with van der Waals surface area (Å²) in [6, 6.07) is 4.38. The van der Waals surface area contributed by atoms with E-state index in [1.165, 1.54) is 13.2 Å². The molecule has 0 aliphatic carbocycles. The molecule has 0 amide bonds. The molecule has 0 aliphatic heterocycles. The minimum absolute atomic E-state index is 0.316. The third kappa shape index (κ3) is 4.23. The molecule has 0 bridgehead atoms. The Morgan fingerprint density at radius 1 is 1.48 bits per heavy atom. The van der Waals surface area contributed by atoms with Crippen molar-refractivity contribution in [3.05, 3.63) is 46.2 Å². The van der Waals surface area contributed by atoms with Crippen molar-refractivity contribution in [3.63, 3.8) is 0 Å². The first kappa shape index (κ1) is 15.9. The van der Waals surface area contributed by atoms with E-state index in [0.717, 1.165) is 18.8 Å². The molecule has 1 atom stereocenters. The van der Waals surface area contributed by atoms with Gasteiger partial charge in [0.15, 0.2) is 0 Å². The topological polar surface area (TPSA) is 51.4 Å². The summed E-state index contributed by atoms with van der Waals surface area (Å²) in [5.74, 6) is 0.189. The van der Waals surface area contributed by atoms with Gasteiger partial charge in [-0.25, -0.2) is 9.37 Å². The number of aromatic nitrogens is 1. The zero-order valence-electron chi connectivity index (χ0n) is 12.3. The van der Waals surface area contributed by atoms with Gasteiger partial charge in [-0.05, 0) is 25.6 Å². The van der Waals surface area contributed by atoms with Gasteiger partial charge in [-0.2, -0.15) is 0 Å². The van der Waals surface area contributed by atoms with Crippen LogP contribution in [0.4, 0.5) is 4.39 Å². The van der Waals surface area contributed by atoms with Crippen LogP contribution in [0.5, 0.6) is 5.75 Å². The van der Waals surface area contributed by atoms with Crippen molar-refractivity contribution < 1.29 is 9.13 Å².